The van der Waals surface area contributed by atoms with Gasteiger partial charge in [0, 0.05) is 12.2 Å². The Balaban J connectivity index is 4.22. The quantitative estimate of drug-likeness (QED) is 0.349. The van der Waals surface area contributed by atoms with Crippen molar-refractivity contribution in [2.75, 3.05) is 0 Å². The molecule has 0 radical (unpaired) electrons. The van der Waals surface area contributed by atoms with E-state index < -0.39 is 0 Å². The Morgan fingerprint density at radius 1 is 1.20 bits per heavy atom. The molecule has 0 aliphatic rings. The van der Waals surface area contributed by atoms with E-state index in [0.717, 1.165) is 12.2 Å². The summed E-state index contributed by atoms with van der Waals surface area (Å²) < 4.78 is 0. The zero-order valence-electron chi connectivity index (χ0n) is 5.96. The second-order valence-corrected chi connectivity index (χ2v) is 1.97. The van der Waals surface area contributed by atoms with Gasteiger partial charge in [-0.3, -0.25) is 4.79 Å². The lowest BCUT2D eigenvalue weighted by Crippen LogP contribution is -1.86. The van der Waals surface area contributed by atoms with Gasteiger partial charge in [-0.05, 0) is 13.8 Å². The molecule has 0 spiro atoms. The zero-order valence-corrected chi connectivity index (χ0v) is 5.96. The van der Waals surface area contributed by atoms with Crippen LogP contribution in [0.2, 0.25) is 0 Å². The molecule has 0 saturated heterocycles. The van der Waals surface area contributed by atoms with Gasteiger partial charge in [0.05, 0.1) is 5.76 Å². The van der Waals surface area contributed by atoms with Gasteiger partial charge in [-0.2, -0.15) is 0 Å². The van der Waals surface area contributed by atoms with Crippen LogP contribution in [-0.4, -0.2) is 16.0 Å². The molecule has 0 aromatic carbocycles. The summed E-state index contributed by atoms with van der Waals surface area (Å²) in [5, 5.41) is 17.4. The second kappa shape index (κ2) is 3.71. The first-order chi connectivity index (χ1) is 4.52. The Bertz CT molecular complexity index is 185. The van der Waals surface area contributed by atoms with E-state index in [-0.39, 0.29) is 17.3 Å². The molecule has 0 heterocycles. The van der Waals surface area contributed by atoms with Gasteiger partial charge < -0.3 is 10.2 Å². The fraction of sp³-hybridized carbons (Fsp3) is 0.286. The van der Waals surface area contributed by atoms with Gasteiger partial charge in [-0.15, -0.1) is 0 Å². The van der Waals surface area contributed by atoms with Gasteiger partial charge in [0.1, 0.15) is 5.76 Å². The summed E-state index contributed by atoms with van der Waals surface area (Å²) in [5.41, 5.74) is 0. The van der Waals surface area contributed by atoms with Crippen molar-refractivity contribution < 1.29 is 15.0 Å². The highest BCUT2D eigenvalue weighted by molar-refractivity contribution is 5.87. The van der Waals surface area contributed by atoms with Crippen LogP contribution in [0.25, 0.3) is 0 Å². The third-order valence-electron chi connectivity index (χ3n) is 0.708. The van der Waals surface area contributed by atoms with Crippen LogP contribution in [0.1, 0.15) is 13.8 Å². The van der Waals surface area contributed by atoms with Crippen molar-refractivity contribution >= 4 is 5.78 Å². The summed E-state index contributed by atoms with van der Waals surface area (Å²) in [6, 6.07) is 0. The van der Waals surface area contributed by atoms with E-state index in [1.165, 1.54) is 13.8 Å². The fourth-order valence-corrected chi connectivity index (χ4v) is 0.464. The molecule has 0 rings (SSSR count). The molecule has 0 fully saturated rings. The second-order valence-electron chi connectivity index (χ2n) is 1.97. The molecule has 56 valence electrons. The molecule has 0 aliphatic carbocycles. The molecule has 0 aromatic rings. The smallest absolute Gasteiger partial charge is 0.156 e. The maximum atomic E-state index is 10.3. The minimum Gasteiger partial charge on any atom is -0.512 e. The van der Waals surface area contributed by atoms with Crippen molar-refractivity contribution in [3.63, 3.8) is 0 Å². The Labute approximate surface area is 59.3 Å². The summed E-state index contributed by atoms with van der Waals surface area (Å²) in [4.78, 5) is 10.3. The predicted octanol–water partition coefficient (Wildman–Crippen LogP) is 1.48. The molecule has 3 heteroatoms. The van der Waals surface area contributed by atoms with E-state index in [1.807, 2.05) is 0 Å². The lowest BCUT2D eigenvalue weighted by atomic mass is 10.3. The first-order valence-corrected chi connectivity index (χ1v) is 2.81. The van der Waals surface area contributed by atoms with Crippen LogP contribution >= 0.6 is 0 Å². The molecule has 0 saturated carbocycles. The average Bonchev–Trinajstić information content (AvgIpc) is 1.58. The highest BCUT2D eigenvalue weighted by Gasteiger charge is 1.90. The minimum absolute atomic E-state index is 0.0324. The van der Waals surface area contributed by atoms with E-state index in [9.17, 15) is 4.79 Å². The lowest BCUT2D eigenvalue weighted by molar-refractivity contribution is -0.112. The monoisotopic (exact) mass is 142 g/mol. The molecule has 0 bridgehead atoms. The van der Waals surface area contributed by atoms with Crippen LogP contribution in [0.15, 0.2) is 23.7 Å². The number of rotatable bonds is 2. The predicted molar refractivity (Wildman–Crippen MR) is 37.8 cm³/mol. The molecule has 3 nitrogen and oxygen atoms in total. The van der Waals surface area contributed by atoms with E-state index in [4.69, 9.17) is 10.2 Å². The normalized spacial score (nSPS) is 13.4. The van der Waals surface area contributed by atoms with Gasteiger partial charge in [0.2, 0.25) is 0 Å². The molecule has 2 N–H and O–H groups in total. The first-order valence-electron chi connectivity index (χ1n) is 2.81. The fourth-order valence-electron chi connectivity index (χ4n) is 0.464. The maximum Gasteiger partial charge on any atom is 0.156 e. The number of aliphatic hydroxyl groups excluding tert-OH is 2. The summed E-state index contributed by atoms with van der Waals surface area (Å²) in [5.74, 6) is -0.516. The zero-order chi connectivity index (χ0) is 8.15. The highest BCUT2D eigenvalue weighted by Crippen LogP contribution is 1.95. The highest BCUT2D eigenvalue weighted by atomic mass is 16.3. The van der Waals surface area contributed by atoms with Crippen molar-refractivity contribution in [2.45, 2.75) is 13.8 Å². The van der Waals surface area contributed by atoms with Gasteiger partial charge >= 0.3 is 0 Å². The number of carbonyl (C=O) groups excluding carboxylic acids is 1. The van der Waals surface area contributed by atoms with Crippen molar-refractivity contribution in [1.82, 2.24) is 0 Å². The third-order valence-corrected chi connectivity index (χ3v) is 0.708. The van der Waals surface area contributed by atoms with E-state index in [1.54, 1.807) is 0 Å². The summed E-state index contributed by atoms with van der Waals surface area (Å²) >= 11 is 0. The minimum atomic E-state index is -0.255. The Hall–Kier alpha value is -1.25. The number of aliphatic hydroxyl groups is 2. The molecule has 10 heavy (non-hydrogen) atoms. The number of carbonyl (C=O) groups is 1. The molecule has 0 unspecified atom stereocenters. The summed E-state index contributed by atoms with van der Waals surface area (Å²) in [7, 11) is 0. The molecule has 0 amide bonds. The lowest BCUT2D eigenvalue weighted by Gasteiger charge is -1.89. The summed E-state index contributed by atoms with van der Waals surface area (Å²) in [6.07, 6.45) is 2.13. The van der Waals surface area contributed by atoms with Crippen LogP contribution < -0.4 is 0 Å². The Kier molecular flexibility index (Phi) is 3.25. The molecule has 0 aliphatic heterocycles. The molecular formula is C7H10O3. The Morgan fingerprint density at radius 2 is 1.70 bits per heavy atom. The molecular weight excluding hydrogens is 132 g/mol. The van der Waals surface area contributed by atoms with Crippen LogP contribution in [-0.2, 0) is 4.79 Å². The Morgan fingerprint density at radius 3 is 2.00 bits per heavy atom. The largest absolute Gasteiger partial charge is 0.512 e. The van der Waals surface area contributed by atoms with E-state index >= 15 is 0 Å². The number of ketones is 1. The first kappa shape index (κ1) is 8.75. The summed E-state index contributed by atoms with van der Waals surface area (Å²) in [6.45, 7) is 2.72. The van der Waals surface area contributed by atoms with Gasteiger partial charge in [-0.1, -0.05) is 0 Å². The van der Waals surface area contributed by atoms with E-state index in [0.29, 0.717) is 0 Å². The SMILES string of the molecule is CC(=O)/C=C(O)/C=C(/C)O. The van der Waals surface area contributed by atoms with Crippen LogP contribution in [0.5, 0.6) is 0 Å². The number of allylic oxidation sites excluding steroid dienone is 3. The topological polar surface area (TPSA) is 57.5 Å². The van der Waals surface area contributed by atoms with Crippen molar-refractivity contribution in [2.24, 2.45) is 0 Å². The van der Waals surface area contributed by atoms with Crippen molar-refractivity contribution in [3.05, 3.63) is 23.7 Å². The van der Waals surface area contributed by atoms with Gasteiger partial charge in [-0.25, -0.2) is 0 Å². The third kappa shape index (κ3) is 4.90. The number of hydrogen-bond acceptors (Lipinski definition) is 3. The van der Waals surface area contributed by atoms with Gasteiger partial charge in [0.15, 0.2) is 5.78 Å². The van der Waals surface area contributed by atoms with Crippen molar-refractivity contribution in [3.8, 4) is 0 Å². The van der Waals surface area contributed by atoms with Crippen LogP contribution in [0.3, 0.4) is 0 Å². The van der Waals surface area contributed by atoms with Crippen LogP contribution in [0, 0.1) is 0 Å². The standard InChI is InChI=1S/C7H10O3/c1-5(8)3-7(10)4-6(2)9/h3-4,8,10H,1-2H3/b5-3-,7-4-. The van der Waals surface area contributed by atoms with E-state index in [2.05, 4.69) is 0 Å². The van der Waals surface area contributed by atoms with Crippen molar-refractivity contribution in [1.29, 1.82) is 0 Å². The van der Waals surface area contributed by atoms with Crippen LogP contribution in [0.4, 0.5) is 0 Å². The average molecular weight is 142 g/mol. The molecule has 0 aromatic heterocycles. The van der Waals surface area contributed by atoms with Gasteiger partial charge in [0.25, 0.3) is 0 Å². The number of hydrogen-bond donors (Lipinski definition) is 2. The maximum absolute atomic E-state index is 10.3. The molecule has 0 atom stereocenters.